The van der Waals surface area contributed by atoms with Gasteiger partial charge in [-0.3, -0.25) is 4.79 Å². The molecular formula is C22H30N2O4. The van der Waals surface area contributed by atoms with E-state index in [-0.39, 0.29) is 36.3 Å². The van der Waals surface area contributed by atoms with Crippen LogP contribution in [0.1, 0.15) is 52.0 Å². The van der Waals surface area contributed by atoms with Crippen LogP contribution in [-0.4, -0.2) is 58.2 Å². The molecule has 3 saturated heterocycles. The molecule has 3 fully saturated rings. The van der Waals surface area contributed by atoms with Gasteiger partial charge in [0.2, 0.25) is 5.91 Å². The molecule has 0 aliphatic carbocycles. The fourth-order valence-corrected chi connectivity index (χ4v) is 4.90. The number of piperidine rings is 1. The fraction of sp³-hybridized carbons (Fsp3) is 0.636. The summed E-state index contributed by atoms with van der Waals surface area (Å²) in [4.78, 5) is 29.0. The van der Waals surface area contributed by atoms with Crippen molar-refractivity contribution in [2.24, 2.45) is 0 Å². The van der Waals surface area contributed by atoms with Crippen molar-refractivity contribution in [1.82, 2.24) is 9.80 Å². The summed E-state index contributed by atoms with van der Waals surface area (Å²) in [6.07, 6.45) is 3.26. The largest absolute Gasteiger partial charge is 0.444 e. The maximum atomic E-state index is 12.7. The van der Waals surface area contributed by atoms with Crippen LogP contribution in [0.5, 0.6) is 0 Å². The van der Waals surface area contributed by atoms with Gasteiger partial charge in [-0.15, -0.1) is 0 Å². The highest BCUT2D eigenvalue weighted by Gasteiger charge is 2.54. The molecule has 28 heavy (non-hydrogen) atoms. The Morgan fingerprint density at radius 1 is 1.18 bits per heavy atom. The standard InChI is InChI=1S/C22H30N2O4/c1-21(2,3)28-20(26)24-17-9-10-18(24)12-22(11-17)15-23(19(25)14-27-22)13-16-7-5-4-6-8-16/h4-8,17-18H,9-15H2,1-3H3/t17-,18-/m0/s1. The molecule has 0 aromatic heterocycles. The van der Waals surface area contributed by atoms with Crippen molar-refractivity contribution in [3.63, 3.8) is 0 Å². The van der Waals surface area contributed by atoms with Gasteiger partial charge in [0.05, 0.1) is 12.1 Å². The first-order valence-electron chi connectivity index (χ1n) is 10.2. The van der Waals surface area contributed by atoms with E-state index in [1.807, 2.05) is 60.9 Å². The van der Waals surface area contributed by atoms with E-state index in [0.717, 1.165) is 31.2 Å². The Hall–Kier alpha value is -2.08. The summed E-state index contributed by atoms with van der Waals surface area (Å²) < 4.78 is 11.8. The number of carbonyl (C=O) groups is 2. The highest BCUT2D eigenvalue weighted by atomic mass is 16.6. The SMILES string of the molecule is CC(C)(C)OC(=O)N1[C@H]2CC[C@H]1CC1(C2)CN(Cc2ccccc2)C(=O)CO1. The molecule has 2 atom stereocenters. The molecular weight excluding hydrogens is 356 g/mol. The van der Waals surface area contributed by atoms with Gasteiger partial charge in [-0.25, -0.2) is 4.79 Å². The average Bonchev–Trinajstić information content (AvgIpc) is 2.90. The Bertz CT molecular complexity index is 729. The number of rotatable bonds is 2. The molecule has 3 aliphatic heterocycles. The number of amides is 2. The van der Waals surface area contributed by atoms with Gasteiger partial charge < -0.3 is 19.3 Å². The van der Waals surface area contributed by atoms with Crippen molar-refractivity contribution in [3.8, 4) is 0 Å². The first-order chi connectivity index (χ1) is 13.2. The van der Waals surface area contributed by atoms with E-state index in [0.29, 0.717) is 13.1 Å². The van der Waals surface area contributed by atoms with Crippen LogP contribution in [-0.2, 0) is 20.8 Å². The average molecular weight is 386 g/mol. The Morgan fingerprint density at radius 2 is 1.82 bits per heavy atom. The fourth-order valence-electron chi connectivity index (χ4n) is 4.90. The van der Waals surface area contributed by atoms with Gasteiger partial charge in [0, 0.05) is 18.6 Å². The summed E-state index contributed by atoms with van der Waals surface area (Å²) in [5.41, 5.74) is 0.279. The van der Waals surface area contributed by atoms with Crippen LogP contribution in [0.4, 0.5) is 4.79 Å². The van der Waals surface area contributed by atoms with Crippen LogP contribution in [0.25, 0.3) is 0 Å². The lowest BCUT2D eigenvalue weighted by Crippen LogP contribution is -2.62. The Balaban J connectivity index is 1.46. The summed E-state index contributed by atoms with van der Waals surface area (Å²) >= 11 is 0. The molecule has 0 N–H and O–H groups in total. The molecule has 4 rings (SSSR count). The van der Waals surface area contributed by atoms with Crippen molar-refractivity contribution < 1.29 is 19.1 Å². The van der Waals surface area contributed by atoms with E-state index in [9.17, 15) is 9.59 Å². The third-order valence-corrected chi connectivity index (χ3v) is 5.99. The first kappa shape index (κ1) is 19.2. The number of benzene rings is 1. The van der Waals surface area contributed by atoms with Gasteiger partial charge in [0.1, 0.15) is 12.2 Å². The van der Waals surface area contributed by atoms with Gasteiger partial charge >= 0.3 is 6.09 Å². The third-order valence-electron chi connectivity index (χ3n) is 5.99. The Labute approximate surface area is 166 Å². The lowest BCUT2D eigenvalue weighted by Gasteiger charge is -2.50. The maximum absolute atomic E-state index is 12.7. The number of ether oxygens (including phenoxy) is 2. The normalized spacial score (nSPS) is 30.0. The number of morpholine rings is 1. The molecule has 0 radical (unpaired) electrons. The molecule has 6 nitrogen and oxygen atoms in total. The minimum absolute atomic E-state index is 0.0383. The van der Waals surface area contributed by atoms with Crippen molar-refractivity contribution >= 4 is 12.0 Å². The summed E-state index contributed by atoms with van der Waals surface area (Å²) in [7, 11) is 0. The summed E-state index contributed by atoms with van der Waals surface area (Å²) in [6, 6.07) is 10.3. The van der Waals surface area contributed by atoms with Crippen molar-refractivity contribution in [2.75, 3.05) is 13.2 Å². The molecule has 3 aliphatic rings. The molecule has 0 unspecified atom stereocenters. The molecule has 1 aromatic rings. The number of hydrogen-bond acceptors (Lipinski definition) is 4. The van der Waals surface area contributed by atoms with Crippen LogP contribution >= 0.6 is 0 Å². The van der Waals surface area contributed by atoms with E-state index in [1.165, 1.54) is 0 Å². The number of fused-ring (bicyclic) bond motifs is 2. The zero-order chi connectivity index (χ0) is 19.9. The number of hydrogen-bond donors (Lipinski definition) is 0. The number of carbonyl (C=O) groups excluding carboxylic acids is 2. The second kappa shape index (κ2) is 7.07. The predicted molar refractivity (Wildman–Crippen MR) is 105 cm³/mol. The van der Waals surface area contributed by atoms with E-state index < -0.39 is 5.60 Å². The van der Waals surface area contributed by atoms with Gasteiger partial charge in [-0.2, -0.15) is 0 Å². The monoisotopic (exact) mass is 386 g/mol. The molecule has 1 spiro atoms. The van der Waals surface area contributed by atoms with Crippen LogP contribution in [0.15, 0.2) is 30.3 Å². The summed E-state index contributed by atoms with van der Waals surface area (Å²) in [5.74, 6) is 0.0383. The van der Waals surface area contributed by atoms with Crippen LogP contribution in [0, 0.1) is 0 Å². The number of nitrogens with zero attached hydrogens (tertiary/aromatic N) is 2. The zero-order valence-corrected chi connectivity index (χ0v) is 17.0. The van der Waals surface area contributed by atoms with Gasteiger partial charge in [0.25, 0.3) is 0 Å². The highest BCUT2D eigenvalue weighted by Crippen LogP contribution is 2.44. The first-order valence-corrected chi connectivity index (χ1v) is 10.2. The van der Waals surface area contributed by atoms with Crippen molar-refractivity contribution in [3.05, 3.63) is 35.9 Å². The van der Waals surface area contributed by atoms with Crippen LogP contribution in [0.3, 0.4) is 0 Å². The van der Waals surface area contributed by atoms with Crippen molar-refractivity contribution in [2.45, 2.75) is 76.3 Å². The quantitative estimate of drug-likeness (QED) is 0.782. The molecule has 0 saturated carbocycles. The second-order valence-electron chi connectivity index (χ2n) is 9.39. The molecule has 6 heteroatoms. The smallest absolute Gasteiger partial charge is 0.410 e. The van der Waals surface area contributed by atoms with Gasteiger partial charge in [-0.1, -0.05) is 30.3 Å². The zero-order valence-electron chi connectivity index (χ0n) is 17.0. The van der Waals surface area contributed by atoms with Crippen LogP contribution in [0.2, 0.25) is 0 Å². The summed E-state index contributed by atoms with van der Waals surface area (Å²) in [6.45, 7) is 7.02. The topological polar surface area (TPSA) is 59.1 Å². The molecule has 2 bridgehead atoms. The molecule has 3 heterocycles. The Morgan fingerprint density at radius 3 is 2.43 bits per heavy atom. The lowest BCUT2D eigenvalue weighted by atomic mass is 9.84. The van der Waals surface area contributed by atoms with E-state index in [4.69, 9.17) is 9.47 Å². The van der Waals surface area contributed by atoms with Gasteiger partial charge in [0.15, 0.2) is 0 Å². The van der Waals surface area contributed by atoms with E-state index >= 15 is 0 Å². The minimum atomic E-state index is -0.494. The predicted octanol–water partition coefficient (Wildman–Crippen LogP) is 3.35. The maximum Gasteiger partial charge on any atom is 0.410 e. The lowest BCUT2D eigenvalue weighted by molar-refractivity contribution is -0.177. The molecule has 152 valence electrons. The van der Waals surface area contributed by atoms with Gasteiger partial charge in [-0.05, 0) is 52.0 Å². The van der Waals surface area contributed by atoms with E-state index in [2.05, 4.69) is 0 Å². The second-order valence-corrected chi connectivity index (χ2v) is 9.39. The van der Waals surface area contributed by atoms with Crippen LogP contribution < -0.4 is 0 Å². The molecule has 2 amide bonds. The van der Waals surface area contributed by atoms with Crippen molar-refractivity contribution in [1.29, 1.82) is 0 Å². The third kappa shape index (κ3) is 3.88. The van der Waals surface area contributed by atoms with E-state index in [1.54, 1.807) is 0 Å². The highest BCUT2D eigenvalue weighted by molar-refractivity contribution is 5.78. The minimum Gasteiger partial charge on any atom is -0.444 e. The molecule has 1 aromatic carbocycles. The summed E-state index contributed by atoms with van der Waals surface area (Å²) in [5, 5.41) is 0. The Kier molecular flexibility index (Phi) is 4.86.